The predicted octanol–water partition coefficient (Wildman–Crippen LogP) is 3.19. The normalized spacial score (nSPS) is 23.5. The van der Waals surface area contributed by atoms with Gasteiger partial charge in [-0.2, -0.15) is 0 Å². The number of rotatable bonds is 5. The molecule has 106 valence electrons. The number of thioether (sulfide) groups is 1. The van der Waals surface area contributed by atoms with Gasteiger partial charge in [0, 0.05) is 12.7 Å². The van der Waals surface area contributed by atoms with Gasteiger partial charge >= 0.3 is 5.97 Å². The molecular weight excluding hydrogens is 260 g/mol. The Hall–Kier alpha value is -0.970. The molecule has 0 saturated heterocycles. The van der Waals surface area contributed by atoms with E-state index in [2.05, 4.69) is 16.5 Å². The molecule has 0 bridgehead atoms. The summed E-state index contributed by atoms with van der Waals surface area (Å²) in [4.78, 5) is 15.1. The third kappa shape index (κ3) is 4.00. The van der Waals surface area contributed by atoms with Gasteiger partial charge in [-0.05, 0) is 25.2 Å². The van der Waals surface area contributed by atoms with E-state index < -0.39 is 5.97 Å². The van der Waals surface area contributed by atoms with Gasteiger partial charge in [-0.3, -0.25) is 4.79 Å². The zero-order chi connectivity index (χ0) is 13.8. The summed E-state index contributed by atoms with van der Waals surface area (Å²) < 4.78 is 2.15. The lowest BCUT2D eigenvalue weighted by Crippen LogP contribution is -2.22. The van der Waals surface area contributed by atoms with Gasteiger partial charge in [0.15, 0.2) is 5.16 Å². The zero-order valence-electron chi connectivity index (χ0n) is 11.6. The van der Waals surface area contributed by atoms with Gasteiger partial charge in [0.25, 0.3) is 0 Å². The number of aromatic nitrogens is 2. The van der Waals surface area contributed by atoms with E-state index in [1.54, 1.807) is 0 Å². The van der Waals surface area contributed by atoms with Gasteiger partial charge in [-0.1, -0.05) is 37.9 Å². The number of hydrogen-bond acceptors (Lipinski definition) is 3. The number of aliphatic carboxylic acids is 1. The minimum atomic E-state index is -0.789. The standard InChI is InChI=1S/C14H22N2O2S/c1-10-5-3-4-6-12(10)8-16-7-11(2)15-14(16)19-9-13(17)18/h7,10,12H,3-6,8-9H2,1-2H3,(H,17,18). The van der Waals surface area contributed by atoms with E-state index in [-0.39, 0.29) is 5.75 Å². The monoisotopic (exact) mass is 282 g/mol. The van der Waals surface area contributed by atoms with Crippen LogP contribution < -0.4 is 0 Å². The minimum Gasteiger partial charge on any atom is -0.481 e. The molecule has 0 radical (unpaired) electrons. The molecule has 0 aromatic carbocycles. The van der Waals surface area contributed by atoms with Gasteiger partial charge in [0.05, 0.1) is 11.4 Å². The van der Waals surface area contributed by atoms with E-state index in [0.29, 0.717) is 5.92 Å². The highest BCUT2D eigenvalue weighted by Crippen LogP contribution is 2.32. The van der Waals surface area contributed by atoms with Crippen LogP contribution in [0, 0.1) is 18.8 Å². The minimum absolute atomic E-state index is 0.0800. The summed E-state index contributed by atoms with van der Waals surface area (Å²) in [5.41, 5.74) is 0.969. The number of carbonyl (C=O) groups is 1. The summed E-state index contributed by atoms with van der Waals surface area (Å²) in [7, 11) is 0. The van der Waals surface area contributed by atoms with Crippen molar-refractivity contribution >= 4 is 17.7 Å². The molecule has 0 aliphatic heterocycles. The molecule has 1 aliphatic rings. The van der Waals surface area contributed by atoms with Crippen LogP contribution >= 0.6 is 11.8 Å². The lowest BCUT2D eigenvalue weighted by molar-refractivity contribution is -0.133. The Balaban J connectivity index is 2.04. The van der Waals surface area contributed by atoms with E-state index >= 15 is 0 Å². The second kappa shape index (κ2) is 6.46. The number of nitrogens with zero attached hydrogens (tertiary/aromatic N) is 2. The molecule has 1 fully saturated rings. The molecule has 0 spiro atoms. The first-order chi connectivity index (χ1) is 9.06. The Morgan fingerprint density at radius 3 is 2.95 bits per heavy atom. The van der Waals surface area contributed by atoms with Crippen molar-refractivity contribution < 1.29 is 9.90 Å². The van der Waals surface area contributed by atoms with Crippen LogP contribution in [-0.2, 0) is 11.3 Å². The molecule has 1 aromatic rings. The molecule has 1 aliphatic carbocycles. The first-order valence-corrected chi connectivity index (χ1v) is 7.93. The van der Waals surface area contributed by atoms with E-state index in [1.165, 1.54) is 37.4 Å². The molecule has 5 heteroatoms. The summed E-state index contributed by atoms with van der Waals surface area (Å²) in [5, 5.41) is 9.62. The fourth-order valence-electron chi connectivity index (χ4n) is 2.81. The fourth-order valence-corrected chi connectivity index (χ4v) is 3.57. The van der Waals surface area contributed by atoms with Gasteiger partial charge in [-0.25, -0.2) is 4.98 Å². The van der Waals surface area contributed by atoms with E-state index in [9.17, 15) is 4.79 Å². The van der Waals surface area contributed by atoms with Crippen LogP contribution in [0.15, 0.2) is 11.4 Å². The Labute approximate surface area is 118 Å². The highest BCUT2D eigenvalue weighted by Gasteiger charge is 2.22. The molecule has 4 nitrogen and oxygen atoms in total. The van der Waals surface area contributed by atoms with Gasteiger partial charge < -0.3 is 9.67 Å². The average Bonchev–Trinajstić information content (AvgIpc) is 2.70. The second-order valence-electron chi connectivity index (χ2n) is 5.52. The van der Waals surface area contributed by atoms with Crippen molar-refractivity contribution in [2.75, 3.05) is 5.75 Å². The van der Waals surface area contributed by atoms with Gasteiger partial charge in [0.2, 0.25) is 0 Å². The third-order valence-corrected chi connectivity index (χ3v) is 4.88. The summed E-state index contributed by atoms with van der Waals surface area (Å²) in [6.07, 6.45) is 7.31. The molecule has 2 unspecified atom stereocenters. The summed E-state index contributed by atoms with van der Waals surface area (Å²) >= 11 is 1.32. The first kappa shape index (κ1) is 14.4. The Morgan fingerprint density at radius 1 is 1.53 bits per heavy atom. The molecule has 1 N–H and O–H groups in total. The van der Waals surface area contributed by atoms with Crippen LogP contribution in [0.5, 0.6) is 0 Å². The van der Waals surface area contributed by atoms with Crippen molar-refractivity contribution in [3.63, 3.8) is 0 Å². The molecule has 1 saturated carbocycles. The number of carboxylic acids is 1. The lowest BCUT2D eigenvalue weighted by Gasteiger charge is -2.29. The van der Waals surface area contributed by atoms with Crippen LogP contribution in [0.4, 0.5) is 0 Å². The van der Waals surface area contributed by atoms with E-state index in [1.807, 2.05) is 13.1 Å². The maximum atomic E-state index is 10.7. The molecule has 1 aromatic heterocycles. The summed E-state index contributed by atoms with van der Waals surface area (Å²) in [6, 6.07) is 0. The van der Waals surface area contributed by atoms with Crippen molar-refractivity contribution in [1.82, 2.24) is 9.55 Å². The molecule has 2 rings (SSSR count). The maximum absolute atomic E-state index is 10.7. The molecule has 19 heavy (non-hydrogen) atoms. The van der Waals surface area contributed by atoms with Crippen molar-refractivity contribution in [3.8, 4) is 0 Å². The second-order valence-corrected chi connectivity index (χ2v) is 6.46. The Bertz CT molecular complexity index is 445. The fraction of sp³-hybridized carbons (Fsp3) is 0.714. The SMILES string of the molecule is Cc1cn(CC2CCCCC2C)c(SCC(=O)O)n1. The molecule has 2 atom stereocenters. The number of hydrogen-bond donors (Lipinski definition) is 1. The third-order valence-electron chi connectivity index (χ3n) is 3.91. The largest absolute Gasteiger partial charge is 0.481 e. The van der Waals surface area contributed by atoms with Crippen molar-refractivity contribution in [2.45, 2.75) is 51.2 Å². The quantitative estimate of drug-likeness (QED) is 0.843. The topological polar surface area (TPSA) is 55.1 Å². The number of imidazole rings is 1. The van der Waals surface area contributed by atoms with Crippen molar-refractivity contribution in [3.05, 3.63) is 11.9 Å². The van der Waals surface area contributed by atoms with Crippen LogP contribution in [-0.4, -0.2) is 26.4 Å². The Kier molecular flexibility index (Phi) is 4.91. The lowest BCUT2D eigenvalue weighted by atomic mass is 9.80. The Morgan fingerprint density at radius 2 is 2.26 bits per heavy atom. The highest BCUT2D eigenvalue weighted by atomic mass is 32.2. The van der Waals surface area contributed by atoms with E-state index in [4.69, 9.17) is 5.11 Å². The summed E-state index contributed by atoms with van der Waals surface area (Å²) in [5.74, 6) is 0.750. The number of aryl methyl sites for hydroxylation is 1. The summed E-state index contributed by atoms with van der Waals surface area (Å²) in [6.45, 7) is 5.27. The average molecular weight is 282 g/mol. The van der Waals surface area contributed by atoms with Crippen LogP contribution in [0.3, 0.4) is 0 Å². The highest BCUT2D eigenvalue weighted by molar-refractivity contribution is 7.99. The molecule has 1 heterocycles. The van der Waals surface area contributed by atoms with Gasteiger partial charge in [-0.15, -0.1) is 0 Å². The number of carboxylic acid groups (broad SMARTS) is 1. The molecular formula is C14H22N2O2S. The zero-order valence-corrected chi connectivity index (χ0v) is 12.4. The van der Waals surface area contributed by atoms with Gasteiger partial charge in [0.1, 0.15) is 0 Å². The smallest absolute Gasteiger partial charge is 0.313 e. The van der Waals surface area contributed by atoms with Crippen LogP contribution in [0.25, 0.3) is 0 Å². The van der Waals surface area contributed by atoms with E-state index in [0.717, 1.165) is 23.3 Å². The van der Waals surface area contributed by atoms with Crippen LogP contribution in [0.2, 0.25) is 0 Å². The maximum Gasteiger partial charge on any atom is 0.313 e. The van der Waals surface area contributed by atoms with Crippen molar-refractivity contribution in [1.29, 1.82) is 0 Å². The molecule has 0 amide bonds. The van der Waals surface area contributed by atoms with Crippen LogP contribution in [0.1, 0.15) is 38.3 Å². The van der Waals surface area contributed by atoms with Crippen molar-refractivity contribution in [2.24, 2.45) is 11.8 Å². The first-order valence-electron chi connectivity index (χ1n) is 6.94. The predicted molar refractivity (Wildman–Crippen MR) is 76.4 cm³/mol.